The van der Waals surface area contributed by atoms with E-state index in [-0.39, 0.29) is 51.2 Å². The van der Waals surface area contributed by atoms with Gasteiger partial charge in [-0.2, -0.15) is 0 Å². The molecule has 0 aromatic heterocycles. The second-order valence-corrected chi connectivity index (χ2v) is 3.14. The summed E-state index contributed by atoms with van der Waals surface area (Å²) in [6, 6.07) is -1.85. The molecule has 2 aromatic carbocycles. The van der Waals surface area contributed by atoms with E-state index in [4.69, 9.17) is 13.0 Å². The zero-order chi connectivity index (χ0) is 14.5. The molecule has 0 fully saturated rings. The highest BCUT2D eigenvalue weighted by Crippen LogP contribution is 2.32. The molecule has 0 aliphatic carbocycles. The maximum absolute atomic E-state index is 7.90. The molecular formula is C11H9BrO. The second-order valence-electron chi connectivity index (χ2n) is 2.35. The molecule has 1 nitrogen and oxygen atoms in total. The first-order valence-corrected chi connectivity index (χ1v) is 4.34. The average Bonchev–Trinajstić information content (AvgIpc) is 2.40. The van der Waals surface area contributed by atoms with Crippen molar-refractivity contribution in [2.24, 2.45) is 0 Å². The van der Waals surface area contributed by atoms with Crippen LogP contribution in [0.25, 0.3) is 10.8 Å². The summed E-state index contributed by atoms with van der Waals surface area (Å²) in [5.41, 5.74) is 0. The summed E-state index contributed by atoms with van der Waals surface area (Å²) in [5, 5.41) is 0.109. The topological polar surface area (TPSA) is 9.23 Å². The Hall–Kier alpha value is -1.02. The van der Waals surface area contributed by atoms with Gasteiger partial charge in [0.2, 0.25) is 0 Å². The zero-order valence-electron chi connectivity index (χ0n) is 12.8. The number of methoxy groups -OCH3 is 1. The monoisotopic (exact) mass is 242 g/mol. The predicted octanol–water partition coefficient (Wildman–Crippen LogP) is 3.61. The minimum absolute atomic E-state index is 0.00366. The molecule has 66 valence electrons. The van der Waals surface area contributed by atoms with Crippen LogP contribution in [0, 0.1) is 0 Å². The molecule has 2 heteroatoms. The number of hydrogen-bond acceptors (Lipinski definition) is 1. The van der Waals surface area contributed by atoms with Gasteiger partial charge >= 0.3 is 0 Å². The molecule has 0 atom stereocenters. The first-order valence-electron chi connectivity index (χ1n) is 6.55. The van der Waals surface area contributed by atoms with Crippen LogP contribution in [0.2, 0.25) is 0 Å². The molecule has 0 aliphatic rings. The molecule has 2 aromatic rings. The fraction of sp³-hybridized carbons (Fsp3) is 0.0909. The number of fused-ring (bicyclic) bond motifs is 1. The van der Waals surface area contributed by atoms with Gasteiger partial charge in [0.1, 0.15) is 5.75 Å². The maximum Gasteiger partial charge on any atom is 0.140 e. The normalized spacial score (nSPS) is 16.8. The van der Waals surface area contributed by atoms with Crippen molar-refractivity contribution in [3.63, 3.8) is 0 Å². The quantitative estimate of drug-likeness (QED) is 0.743. The number of ether oxygens (including phenoxy) is 1. The lowest BCUT2D eigenvalue weighted by Gasteiger charge is -2.06. The van der Waals surface area contributed by atoms with Crippen molar-refractivity contribution in [1.29, 1.82) is 0 Å². The third-order valence-corrected chi connectivity index (χ3v) is 2.17. The summed E-state index contributed by atoms with van der Waals surface area (Å²) in [6.07, 6.45) is 0. The van der Waals surface area contributed by atoms with Crippen LogP contribution in [0.5, 0.6) is 5.75 Å². The Kier molecular flexibility index (Phi) is 1.04. The van der Waals surface area contributed by atoms with Crippen LogP contribution in [0.4, 0.5) is 0 Å². The van der Waals surface area contributed by atoms with Gasteiger partial charge in [0, 0.05) is 5.39 Å². The SMILES string of the molecule is [2H]c1c([2H])c([2H])c2c(OC)c(Br)c([2H])c([2H])c2c1[2H]. The smallest absolute Gasteiger partial charge is 0.140 e. The van der Waals surface area contributed by atoms with E-state index in [0.717, 1.165) is 0 Å². The Morgan fingerprint density at radius 2 is 2.00 bits per heavy atom. The van der Waals surface area contributed by atoms with Crippen molar-refractivity contribution < 1.29 is 13.0 Å². The van der Waals surface area contributed by atoms with Gasteiger partial charge in [-0.05, 0) is 27.4 Å². The van der Waals surface area contributed by atoms with Gasteiger partial charge in [-0.1, -0.05) is 30.2 Å². The largest absolute Gasteiger partial charge is 0.495 e. The highest BCUT2D eigenvalue weighted by atomic mass is 79.9. The van der Waals surface area contributed by atoms with Gasteiger partial charge < -0.3 is 4.74 Å². The highest BCUT2D eigenvalue weighted by Gasteiger charge is 2.03. The number of benzene rings is 2. The summed E-state index contributed by atoms with van der Waals surface area (Å²) < 4.78 is 52.0. The van der Waals surface area contributed by atoms with Gasteiger partial charge in [-0.3, -0.25) is 0 Å². The predicted molar refractivity (Wildman–Crippen MR) is 58.2 cm³/mol. The Bertz CT molecular complexity index is 692. The molecule has 0 bridgehead atoms. The van der Waals surface area contributed by atoms with Crippen LogP contribution in [-0.2, 0) is 0 Å². The van der Waals surface area contributed by atoms with Crippen molar-refractivity contribution in [1.82, 2.24) is 0 Å². The Balaban J connectivity index is 3.21. The van der Waals surface area contributed by atoms with Gasteiger partial charge in [0.05, 0.1) is 19.8 Å². The van der Waals surface area contributed by atoms with E-state index in [1.165, 1.54) is 7.11 Å². The molecule has 0 N–H and O–H groups in total. The van der Waals surface area contributed by atoms with E-state index < -0.39 is 6.04 Å². The maximum atomic E-state index is 7.90. The van der Waals surface area contributed by atoms with Crippen molar-refractivity contribution in [3.05, 3.63) is 40.7 Å². The molecule has 0 radical (unpaired) electrons. The van der Waals surface area contributed by atoms with Gasteiger partial charge in [0.25, 0.3) is 0 Å². The van der Waals surface area contributed by atoms with Crippen LogP contribution < -0.4 is 4.74 Å². The number of hydrogen-bond donors (Lipinski definition) is 0. The molecule has 0 saturated heterocycles. The fourth-order valence-corrected chi connectivity index (χ4v) is 1.51. The molecule has 0 spiro atoms. The molecule has 0 aliphatic heterocycles. The summed E-state index contributed by atoms with van der Waals surface area (Å²) in [5.74, 6) is 0.142. The Labute approximate surface area is 93.9 Å². The van der Waals surface area contributed by atoms with E-state index in [2.05, 4.69) is 15.9 Å². The Morgan fingerprint density at radius 1 is 1.23 bits per heavy atom. The van der Waals surface area contributed by atoms with Crippen LogP contribution in [0.1, 0.15) is 8.22 Å². The van der Waals surface area contributed by atoms with Crippen molar-refractivity contribution in [3.8, 4) is 5.75 Å². The zero-order valence-corrected chi connectivity index (χ0v) is 8.37. The molecule has 0 amide bonds. The minimum atomic E-state index is -0.422. The average molecular weight is 243 g/mol. The first-order chi connectivity index (χ1) is 8.82. The van der Waals surface area contributed by atoms with Gasteiger partial charge in [-0.15, -0.1) is 0 Å². The van der Waals surface area contributed by atoms with Crippen LogP contribution in [0.3, 0.4) is 0 Å². The number of rotatable bonds is 1. The summed E-state index contributed by atoms with van der Waals surface area (Å²) in [7, 11) is 1.35. The van der Waals surface area contributed by atoms with E-state index in [9.17, 15) is 0 Å². The molecular weight excluding hydrogens is 228 g/mol. The molecule has 13 heavy (non-hydrogen) atoms. The summed E-state index contributed by atoms with van der Waals surface area (Å²) in [6.45, 7) is 0. The van der Waals surface area contributed by atoms with Gasteiger partial charge in [0.15, 0.2) is 0 Å². The first kappa shape index (κ1) is 4.01. The van der Waals surface area contributed by atoms with Crippen LogP contribution >= 0.6 is 15.9 Å². The summed E-state index contributed by atoms with van der Waals surface area (Å²) in [4.78, 5) is 0. The minimum Gasteiger partial charge on any atom is -0.495 e. The molecule has 0 heterocycles. The van der Waals surface area contributed by atoms with Crippen molar-refractivity contribution in [2.45, 2.75) is 0 Å². The van der Waals surface area contributed by atoms with Gasteiger partial charge in [-0.25, -0.2) is 0 Å². The lowest BCUT2D eigenvalue weighted by Crippen LogP contribution is -1.85. The molecule has 0 unspecified atom stereocenters. The third kappa shape index (κ3) is 1.42. The lowest BCUT2D eigenvalue weighted by atomic mass is 10.1. The van der Waals surface area contributed by atoms with Crippen molar-refractivity contribution >= 4 is 26.7 Å². The Morgan fingerprint density at radius 3 is 2.77 bits per heavy atom. The van der Waals surface area contributed by atoms with E-state index in [1.807, 2.05) is 0 Å². The highest BCUT2D eigenvalue weighted by molar-refractivity contribution is 9.10. The van der Waals surface area contributed by atoms with E-state index in [0.29, 0.717) is 0 Å². The number of halogens is 1. The second kappa shape index (κ2) is 3.38. The van der Waals surface area contributed by atoms with Crippen molar-refractivity contribution in [2.75, 3.05) is 7.11 Å². The standard InChI is InChI=1S/C11H9BrO/c1-13-11-9-5-3-2-4-8(9)6-7-10(11)12/h2-7H,1H3/i2D,3D,4D,5D,6D,7D. The summed E-state index contributed by atoms with van der Waals surface area (Å²) >= 11 is 3.13. The molecule has 2 rings (SSSR count). The third-order valence-electron chi connectivity index (χ3n) is 1.62. The molecule has 0 saturated carbocycles. The van der Waals surface area contributed by atoms with Crippen LogP contribution in [0.15, 0.2) is 40.7 Å². The fourth-order valence-electron chi connectivity index (χ4n) is 1.05. The van der Waals surface area contributed by atoms with Crippen LogP contribution in [-0.4, -0.2) is 7.11 Å². The van der Waals surface area contributed by atoms with E-state index in [1.54, 1.807) is 0 Å². The van der Waals surface area contributed by atoms with E-state index >= 15 is 0 Å². The lowest BCUT2D eigenvalue weighted by molar-refractivity contribution is 0.417.